The molecular formula is C23H16F7NO4. The van der Waals surface area contributed by atoms with Crippen molar-refractivity contribution in [2.24, 2.45) is 0 Å². The van der Waals surface area contributed by atoms with Gasteiger partial charge in [0.2, 0.25) is 0 Å². The molecule has 186 valence electrons. The third-order valence-electron chi connectivity index (χ3n) is 4.89. The fraction of sp³-hybridized carbons (Fsp3) is 0.217. The molecule has 0 aliphatic rings. The molecule has 3 aromatic carbocycles. The summed E-state index contributed by atoms with van der Waals surface area (Å²) in [6.45, 7) is -0.376. The lowest BCUT2D eigenvalue weighted by molar-refractivity contribution is -0.157. The van der Waals surface area contributed by atoms with E-state index in [9.17, 15) is 40.3 Å². The molecular weight excluding hydrogens is 487 g/mol. The summed E-state index contributed by atoms with van der Waals surface area (Å²) >= 11 is 0. The Labute approximate surface area is 193 Å². The van der Waals surface area contributed by atoms with E-state index in [1.165, 1.54) is 24.3 Å². The van der Waals surface area contributed by atoms with Gasteiger partial charge in [0.1, 0.15) is 24.2 Å². The molecule has 0 saturated heterocycles. The zero-order valence-electron chi connectivity index (χ0n) is 17.5. The number of carbonyl (C=O) groups excluding carboxylic acids is 1. The smallest absolute Gasteiger partial charge is 0.416 e. The number of halogens is 7. The molecule has 35 heavy (non-hydrogen) atoms. The highest BCUT2D eigenvalue weighted by atomic mass is 19.4. The van der Waals surface area contributed by atoms with E-state index in [-0.39, 0.29) is 28.7 Å². The number of aliphatic carboxylic acids is 1. The van der Waals surface area contributed by atoms with Crippen LogP contribution < -0.4 is 10.1 Å². The monoisotopic (exact) mass is 503 g/mol. The summed E-state index contributed by atoms with van der Waals surface area (Å²) in [6.07, 6.45) is -11.3. The minimum atomic E-state index is -4.91. The molecule has 2 N–H and O–H groups in total. The van der Waals surface area contributed by atoms with Crippen molar-refractivity contribution in [2.45, 2.75) is 31.4 Å². The number of nitrogens with one attached hydrogen (secondary N) is 1. The van der Waals surface area contributed by atoms with Gasteiger partial charge in [0.15, 0.2) is 0 Å². The predicted molar refractivity (Wildman–Crippen MR) is 109 cm³/mol. The van der Waals surface area contributed by atoms with Crippen molar-refractivity contribution in [1.29, 1.82) is 0 Å². The van der Waals surface area contributed by atoms with Gasteiger partial charge in [-0.1, -0.05) is 36.4 Å². The highest BCUT2D eigenvalue weighted by Crippen LogP contribution is 2.34. The quantitative estimate of drug-likeness (QED) is 0.405. The number of carboxylic acid groups (broad SMARTS) is 1. The maximum Gasteiger partial charge on any atom is 0.416 e. The van der Waals surface area contributed by atoms with Crippen molar-refractivity contribution in [3.8, 4) is 5.75 Å². The molecule has 1 unspecified atom stereocenters. The summed E-state index contributed by atoms with van der Waals surface area (Å²) < 4.78 is 96.7. The van der Waals surface area contributed by atoms with Crippen molar-refractivity contribution in [2.75, 3.05) is 0 Å². The average molecular weight is 503 g/mol. The zero-order chi connectivity index (χ0) is 26.0. The van der Waals surface area contributed by atoms with Crippen molar-refractivity contribution < 1.29 is 50.2 Å². The number of rotatable bonds is 7. The topological polar surface area (TPSA) is 75.6 Å². The van der Waals surface area contributed by atoms with E-state index >= 15 is 0 Å². The van der Waals surface area contributed by atoms with Gasteiger partial charge in [-0.3, -0.25) is 4.79 Å². The lowest BCUT2D eigenvalue weighted by Gasteiger charge is -2.19. The Bertz CT molecular complexity index is 1240. The highest BCUT2D eigenvalue weighted by Gasteiger charge is 2.37. The minimum Gasteiger partial charge on any atom is -0.487 e. The second-order valence-electron chi connectivity index (χ2n) is 7.45. The molecule has 12 heteroatoms. The number of carboxylic acids is 1. The molecule has 5 nitrogen and oxygen atoms in total. The summed E-state index contributed by atoms with van der Waals surface area (Å²) in [5.41, 5.74) is -1.24. The number of alkyl halides is 6. The van der Waals surface area contributed by atoms with Gasteiger partial charge in [-0.15, -0.1) is 0 Å². The lowest BCUT2D eigenvalue weighted by atomic mass is 10.0. The van der Waals surface area contributed by atoms with Crippen LogP contribution in [0.1, 0.15) is 27.9 Å². The SMILES string of the molecule is O=C(NC(CC(F)(F)F)C(=O)O)c1cc(F)c2ccccc2c1OCc1ccc(C(F)(F)F)cc1. The first-order valence-corrected chi connectivity index (χ1v) is 9.87. The Morgan fingerprint density at radius 2 is 1.54 bits per heavy atom. The lowest BCUT2D eigenvalue weighted by Crippen LogP contribution is -2.43. The summed E-state index contributed by atoms with van der Waals surface area (Å²) in [7, 11) is 0. The number of hydrogen-bond acceptors (Lipinski definition) is 3. The summed E-state index contributed by atoms with van der Waals surface area (Å²) in [4.78, 5) is 23.9. The maximum absolute atomic E-state index is 14.6. The summed E-state index contributed by atoms with van der Waals surface area (Å²) in [5, 5.41) is 10.8. The number of carbonyl (C=O) groups is 2. The molecule has 0 saturated carbocycles. The van der Waals surface area contributed by atoms with E-state index in [1.807, 2.05) is 0 Å². The molecule has 0 fully saturated rings. The second-order valence-corrected chi connectivity index (χ2v) is 7.45. The van der Waals surface area contributed by atoms with Crippen LogP contribution in [0.4, 0.5) is 30.7 Å². The van der Waals surface area contributed by atoms with Crippen LogP contribution in [0.15, 0.2) is 54.6 Å². The number of benzene rings is 3. The van der Waals surface area contributed by atoms with E-state index in [1.54, 1.807) is 5.32 Å². The van der Waals surface area contributed by atoms with Gasteiger partial charge in [-0.2, -0.15) is 26.3 Å². The van der Waals surface area contributed by atoms with Gasteiger partial charge in [-0.25, -0.2) is 9.18 Å². The second kappa shape index (κ2) is 9.80. The highest BCUT2D eigenvalue weighted by molar-refractivity contribution is 6.05. The van der Waals surface area contributed by atoms with Crippen LogP contribution in [0, 0.1) is 5.82 Å². The normalized spacial score (nSPS) is 12.9. The molecule has 0 aliphatic heterocycles. The van der Waals surface area contributed by atoms with Crippen LogP contribution in [0.2, 0.25) is 0 Å². The first-order chi connectivity index (χ1) is 16.3. The molecule has 0 aliphatic carbocycles. The van der Waals surface area contributed by atoms with Crippen LogP contribution >= 0.6 is 0 Å². The Morgan fingerprint density at radius 3 is 2.09 bits per heavy atom. The maximum atomic E-state index is 14.6. The van der Waals surface area contributed by atoms with Gasteiger partial charge in [0.25, 0.3) is 5.91 Å². The predicted octanol–water partition coefficient (Wildman–Crippen LogP) is 5.71. The Hall–Kier alpha value is -3.83. The largest absolute Gasteiger partial charge is 0.487 e. The van der Waals surface area contributed by atoms with Crippen molar-refractivity contribution in [1.82, 2.24) is 5.32 Å². The van der Waals surface area contributed by atoms with E-state index in [0.717, 1.165) is 24.3 Å². The Morgan fingerprint density at radius 1 is 0.943 bits per heavy atom. The third kappa shape index (κ3) is 6.40. The fourth-order valence-corrected chi connectivity index (χ4v) is 3.24. The number of amides is 1. The minimum absolute atomic E-state index is 0.00320. The van der Waals surface area contributed by atoms with Gasteiger partial charge in [0, 0.05) is 10.8 Å². The number of fused-ring (bicyclic) bond motifs is 1. The van der Waals surface area contributed by atoms with Gasteiger partial charge in [0.05, 0.1) is 17.5 Å². The molecule has 0 spiro atoms. The first kappa shape index (κ1) is 25.8. The van der Waals surface area contributed by atoms with E-state index in [2.05, 4.69) is 0 Å². The molecule has 0 aromatic heterocycles. The number of hydrogen-bond donors (Lipinski definition) is 2. The number of ether oxygens (including phenoxy) is 1. The van der Waals surface area contributed by atoms with Crippen LogP contribution in [0.5, 0.6) is 5.75 Å². The van der Waals surface area contributed by atoms with Crippen LogP contribution in [0.3, 0.4) is 0 Å². The Balaban J connectivity index is 1.96. The molecule has 3 rings (SSSR count). The van der Waals surface area contributed by atoms with Gasteiger partial charge in [-0.05, 0) is 23.8 Å². The molecule has 0 heterocycles. The fourth-order valence-electron chi connectivity index (χ4n) is 3.24. The van der Waals surface area contributed by atoms with E-state index < -0.39 is 53.6 Å². The van der Waals surface area contributed by atoms with Crippen LogP contribution in [-0.2, 0) is 17.6 Å². The molecule has 1 amide bonds. The molecule has 0 radical (unpaired) electrons. The van der Waals surface area contributed by atoms with Gasteiger partial charge < -0.3 is 15.2 Å². The molecule has 1 atom stereocenters. The van der Waals surface area contributed by atoms with Crippen molar-refractivity contribution in [3.05, 3.63) is 77.1 Å². The van der Waals surface area contributed by atoms with E-state index in [0.29, 0.717) is 6.07 Å². The van der Waals surface area contributed by atoms with Crippen LogP contribution in [-0.4, -0.2) is 29.2 Å². The molecule has 0 bridgehead atoms. The summed E-state index contributed by atoms with van der Waals surface area (Å²) in [6, 6.07) is 7.87. The van der Waals surface area contributed by atoms with Crippen molar-refractivity contribution in [3.63, 3.8) is 0 Å². The Kier molecular flexibility index (Phi) is 7.22. The van der Waals surface area contributed by atoms with Crippen LogP contribution in [0.25, 0.3) is 10.8 Å². The van der Waals surface area contributed by atoms with E-state index in [4.69, 9.17) is 9.84 Å². The molecule has 3 aromatic rings. The van der Waals surface area contributed by atoms with Crippen molar-refractivity contribution >= 4 is 22.6 Å². The zero-order valence-corrected chi connectivity index (χ0v) is 17.5. The third-order valence-corrected chi connectivity index (χ3v) is 4.89. The standard InChI is InChI=1S/C23H16F7NO4/c24-17-9-16(20(32)31-18(21(33)34)10-22(25,26)27)19(15-4-2-1-3-14(15)17)35-11-12-5-7-13(8-6-12)23(28,29)30/h1-9,18H,10-11H2,(H,31,32)(H,33,34). The van der Waals surface area contributed by atoms with Gasteiger partial charge >= 0.3 is 18.3 Å². The average Bonchev–Trinajstić information content (AvgIpc) is 2.76. The summed E-state index contributed by atoms with van der Waals surface area (Å²) in [5.74, 6) is -4.50. The first-order valence-electron chi connectivity index (χ1n) is 9.87.